The summed E-state index contributed by atoms with van der Waals surface area (Å²) in [7, 11) is 0. The first-order valence-corrected chi connectivity index (χ1v) is 11.2. The first kappa shape index (κ1) is 22.9. The average molecular weight is 445 g/mol. The first-order chi connectivity index (χ1) is 14.9. The second-order valence-electron chi connectivity index (χ2n) is 7.62. The van der Waals surface area contributed by atoms with Crippen molar-refractivity contribution in [1.82, 2.24) is 19.7 Å². The first-order valence-electron chi connectivity index (χ1n) is 10.2. The molecule has 0 saturated heterocycles. The summed E-state index contributed by atoms with van der Waals surface area (Å²) in [4.78, 5) is 14.5. The molecule has 0 bridgehead atoms. The zero-order valence-corrected chi connectivity index (χ0v) is 18.7. The van der Waals surface area contributed by atoms with Gasteiger partial charge in [-0.25, -0.2) is 8.78 Å². The highest BCUT2D eigenvalue weighted by Gasteiger charge is 2.20. The fraction of sp³-hybridized carbons (Fsp3) is 0.348. The molecule has 3 rings (SSSR count). The molecule has 0 N–H and O–H groups in total. The van der Waals surface area contributed by atoms with E-state index >= 15 is 0 Å². The van der Waals surface area contributed by atoms with Gasteiger partial charge in [-0.2, -0.15) is 0 Å². The van der Waals surface area contributed by atoms with Gasteiger partial charge in [-0.15, -0.1) is 10.2 Å². The molecule has 1 aromatic heterocycles. The highest BCUT2D eigenvalue weighted by molar-refractivity contribution is 7.99. The number of hydrogen-bond donors (Lipinski definition) is 0. The van der Waals surface area contributed by atoms with Crippen molar-refractivity contribution in [2.45, 2.75) is 39.0 Å². The smallest absolute Gasteiger partial charge is 0.233 e. The summed E-state index contributed by atoms with van der Waals surface area (Å²) in [6, 6.07) is 12.7. The predicted molar refractivity (Wildman–Crippen MR) is 118 cm³/mol. The number of carbonyl (C=O) groups is 1. The number of amides is 1. The molecular formula is C23H26F2N4OS. The molecule has 8 heteroatoms. The zero-order valence-electron chi connectivity index (χ0n) is 17.9. The molecule has 0 unspecified atom stereocenters. The Labute approximate surface area is 185 Å². The van der Waals surface area contributed by atoms with Crippen molar-refractivity contribution >= 4 is 17.7 Å². The van der Waals surface area contributed by atoms with Gasteiger partial charge in [-0.3, -0.25) is 4.79 Å². The molecule has 31 heavy (non-hydrogen) atoms. The Morgan fingerprint density at radius 3 is 2.58 bits per heavy atom. The molecular weight excluding hydrogens is 418 g/mol. The Bertz CT molecular complexity index is 1040. The number of rotatable bonds is 9. The largest absolute Gasteiger partial charge is 0.338 e. The molecule has 0 aliphatic heterocycles. The topological polar surface area (TPSA) is 51.0 Å². The average Bonchev–Trinajstić information content (AvgIpc) is 3.12. The maximum atomic E-state index is 14.3. The van der Waals surface area contributed by atoms with E-state index in [-0.39, 0.29) is 29.2 Å². The van der Waals surface area contributed by atoms with Crippen LogP contribution in [0.25, 0.3) is 11.4 Å². The number of hydrogen-bond acceptors (Lipinski definition) is 4. The molecule has 5 nitrogen and oxygen atoms in total. The number of halogens is 2. The lowest BCUT2D eigenvalue weighted by molar-refractivity contribution is -0.128. The maximum Gasteiger partial charge on any atom is 0.233 e. The lowest BCUT2D eigenvalue weighted by atomic mass is 10.2. The van der Waals surface area contributed by atoms with Gasteiger partial charge in [-0.1, -0.05) is 49.9 Å². The van der Waals surface area contributed by atoms with Gasteiger partial charge in [0.1, 0.15) is 11.6 Å². The molecule has 0 spiro atoms. The highest BCUT2D eigenvalue weighted by Crippen LogP contribution is 2.27. The van der Waals surface area contributed by atoms with E-state index in [0.29, 0.717) is 36.2 Å². The van der Waals surface area contributed by atoms with Crippen LogP contribution in [0.3, 0.4) is 0 Å². The van der Waals surface area contributed by atoms with Crippen LogP contribution in [0.4, 0.5) is 8.78 Å². The van der Waals surface area contributed by atoms with Crippen molar-refractivity contribution in [3.63, 3.8) is 0 Å². The third-order valence-corrected chi connectivity index (χ3v) is 5.65. The van der Waals surface area contributed by atoms with E-state index in [9.17, 15) is 13.6 Å². The van der Waals surface area contributed by atoms with Crippen LogP contribution in [0.5, 0.6) is 0 Å². The summed E-state index contributed by atoms with van der Waals surface area (Å²) >= 11 is 1.28. The molecule has 0 atom stereocenters. The number of nitrogens with zero attached hydrogens (tertiary/aromatic N) is 4. The minimum atomic E-state index is -0.361. The summed E-state index contributed by atoms with van der Waals surface area (Å²) in [5.41, 5.74) is 1.13. The van der Waals surface area contributed by atoms with Crippen LogP contribution in [0.15, 0.2) is 53.7 Å². The van der Waals surface area contributed by atoms with Gasteiger partial charge >= 0.3 is 0 Å². The fourth-order valence-electron chi connectivity index (χ4n) is 3.22. The van der Waals surface area contributed by atoms with Gasteiger partial charge in [0, 0.05) is 19.6 Å². The van der Waals surface area contributed by atoms with Crippen molar-refractivity contribution < 1.29 is 13.6 Å². The van der Waals surface area contributed by atoms with E-state index in [1.54, 1.807) is 35.2 Å². The standard InChI is InChI=1S/C23H26F2N4OS/c1-4-28(14-17-8-7-9-18(24)12-17)21(30)15-31-23-27-26-22(29(23)13-16(2)3)19-10-5-6-11-20(19)25/h5-12,16H,4,13-15H2,1-3H3. The van der Waals surface area contributed by atoms with Crippen molar-refractivity contribution in [1.29, 1.82) is 0 Å². The van der Waals surface area contributed by atoms with Gasteiger partial charge in [0.25, 0.3) is 0 Å². The second-order valence-corrected chi connectivity index (χ2v) is 8.56. The quantitative estimate of drug-likeness (QED) is 0.435. The molecule has 0 fully saturated rings. The normalized spacial score (nSPS) is 11.2. The Morgan fingerprint density at radius 1 is 1.13 bits per heavy atom. The van der Waals surface area contributed by atoms with Crippen LogP contribution in [0.1, 0.15) is 26.3 Å². The summed E-state index contributed by atoms with van der Waals surface area (Å²) in [6.45, 7) is 7.46. The molecule has 0 aliphatic rings. The number of benzene rings is 2. The van der Waals surface area contributed by atoms with Crippen LogP contribution in [-0.4, -0.2) is 37.9 Å². The Balaban J connectivity index is 1.75. The molecule has 3 aromatic rings. The third-order valence-electron chi connectivity index (χ3n) is 4.70. The lowest BCUT2D eigenvalue weighted by Crippen LogP contribution is -2.31. The minimum absolute atomic E-state index is 0.0803. The minimum Gasteiger partial charge on any atom is -0.338 e. The molecule has 0 aliphatic carbocycles. The Hall–Kier alpha value is -2.74. The van der Waals surface area contributed by atoms with Gasteiger partial charge < -0.3 is 9.47 Å². The van der Waals surface area contributed by atoms with Crippen LogP contribution in [0, 0.1) is 17.6 Å². The van der Waals surface area contributed by atoms with Crippen molar-refractivity contribution in [3.8, 4) is 11.4 Å². The van der Waals surface area contributed by atoms with Crippen molar-refractivity contribution in [2.75, 3.05) is 12.3 Å². The molecule has 1 amide bonds. The van der Waals surface area contributed by atoms with Gasteiger partial charge in [0.2, 0.25) is 5.91 Å². The third kappa shape index (κ3) is 5.91. The molecule has 0 saturated carbocycles. The highest BCUT2D eigenvalue weighted by atomic mass is 32.2. The van der Waals surface area contributed by atoms with E-state index < -0.39 is 0 Å². The van der Waals surface area contributed by atoms with E-state index in [1.165, 1.54) is 30.0 Å². The van der Waals surface area contributed by atoms with E-state index in [1.807, 2.05) is 11.5 Å². The van der Waals surface area contributed by atoms with Gasteiger partial charge in [0.15, 0.2) is 11.0 Å². The van der Waals surface area contributed by atoms with Gasteiger partial charge in [-0.05, 0) is 42.7 Å². The lowest BCUT2D eigenvalue weighted by Gasteiger charge is -2.21. The van der Waals surface area contributed by atoms with Gasteiger partial charge in [0.05, 0.1) is 11.3 Å². The number of thioether (sulfide) groups is 1. The SMILES string of the molecule is CCN(Cc1cccc(F)c1)C(=O)CSc1nnc(-c2ccccc2F)n1CC(C)C. The van der Waals surface area contributed by atoms with E-state index in [2.05, 4.69) is 24.0 Å². The fourth-order valence-corrected chi connectivity index (χ4v) is 4.07. The molecule has 1 heterocycles. The van der Waals surface area contributed by atoms with Crippen LogP contribution in [0.2, 0.25) is 0 Å². The summed E-state index contributed by atoms with van der Waals surface area (Å²) in [5, 5.41) is 9.01. The number of aromatic nitrogens is 3. The predicted octanol–water partition coefficient (Wildman–Crippen LogP) is 5.02. The molecule has 164 valence electrons. The van der Waals surface area contributed by atoms with Crippen LogP contribution >= 0.6 is 11.8 Å². The van der Waals surface area contributed by atoms with E-state index in [4.69, 9.17) is 0 Å². The maximum absolute atomic E-state index is 14.3. The summed E-state index contributed by atoms with van der Waals surface area (Å²) in [6.07, 6.45) is 0. The Kier molecular flexibility index (Phi) is 7.79. The van der Waals surface area contributed by atoms with Crippen LogP contribution in [-0.2, 0) is 17.9 Å². The van der Waals surface area contributed by atoms with Crippen LogP contribution < -0.4 is 0 Å². The van der Waals surface area contributed by atoms with E-state index in [0.717, 1.165) is 5.56 Å². The zero-order chi connectivity index (χ0) is 22.4. The number of carbonyl (C=O) groups excluding carboxylic acids is 1. The summed E-state index contributed by atoms with van der Waals surface area (Å²) < 4.78 is 29.7. The molecule has 0 radical (unpaired) electrons. The molecule has 2 aromatic carbocycles. The van der Waals surface area contributed by atoms with Crippen molar-refractivity contribution in [3.05, 3.63) is 65.7 Å². The second kappa shape index (κ2) is 10.5. The van der Waals surface area contributed by atoms with Crippen molar-refractivity contribution in [2.24, 2.45) is 5.92 Å². The monoisotopic (exact) mass is 444 g/mol. The Morgan fingerprint density at radius 2 is 1.90 bits per heavy atom. The summed E-state index contributed by atoms with van der Waals surface area (Å²) in [5.74, 6) is 0.142.